The van der Waals surface area contributed by atoms with Gasteiger partial charge in [0.05, 0.1) is 5.69 Å². The Kier molecular flexibility index (Phi) is 3.12. The average Bonchev–Trinajstić information content (AvgIpc) is 2.14. The van der Waals surface area contributed by atoms with Crippen molar-refractivity contribution in [3.63, 3.8) is 0 Å². The van der Waals surface area contributed by atoms with Crippen LogP contribution in [0.2, 0.25) is 0 Å². The molecule has 0 bridgehead atoms. The number of nitrogens with zero attached hydrogens (tertiary/aromatic N) is 1. The summed E-state index contributed by atoms with van der Waals surface area (Å²) in [5.41, 5.74) is 5.94. The van der Waals surface area contributed by atoms with Crippen LogP contribution in [0.1, 0.15) is 5.56 Å². The van der Waals surface area contributed by atoms with Crippen molar-refractivity contribution in [2.45, 2.75) is 0 Å². The Labute approximate surface area is 86.6 Å². The summed E-state index contributed by atoms with van der Waals surface area (Å²) in [7, 11) is -3.82. The zero-order valence-electron chi connectivity index (χ0n) is 7.58. The smallest absolute Gasteiger partial charge is 0.296 e. The van der Waals surface area contributed by atoms with Crippen molar-refractivity contribution < 1.29 is 13.6 Å². The SMILES string of the molecule is N/C(=N/O)c1cccc(NS(N)(=O)=O)c1. The monoisotopic (exact) mass is 230 g/mol. The lowest BCUT2D eigenvalue weighted by atomic mass is 10.2. The Bertz CT molecular complexity index is 483. The Morgan fingerprint density at radius 3 is 2.67 bits per heavy atom. The maximum atomic E-state index is 10.7. The molecule has 6 N–H and O–H groups in total. The van der Waals surface area contributed by atoms with Gasteiger partial charge in [0.2, 0.25) is 0 Å². The van der Waals surface area contributed by atoms with Gasteiger partial charge in [0.1, 0.15) is 0 Å². The molecule has 0 aliphatic rings. The number of nitrogens with one attached hydrogen (secondary N) is 1. The molecule has 0 saturated carbocycles. The van der Waals surface area contributed by atoms with Crippen molar-refractivity contribution in [2.75, 3.05) is 4.72 Å². The number of oxime groups is 1. The van der Waals surface area contributed by atoms with E-state index < -0.39 is 10.2 Å². The first kappa shape index (κ1) is 11.3. The molecule has 8 heteroatoms. The van der Waals surface area contributed by atoms with Gasteiger partial charge < -0.3 is 10.9 Å². The van der Waals surface area contributed by atoms with E-state index in [9.17, 15) is 8.42 Å². The van der Waals surface area contributed by atoms with Crippen LogP contribution in [0.15, 0.2) is 29.4 Å². The van der Waals surface area contributed by atoms with E-state index in [1.807, 2.05) is 0 Å². The number of amidine groups is 1. The highest BCUT2D eigenvalue weighted by Crippen LogP contribution is 2.10. The first-order chi connectivity index (χ1) is 6.92. The third-order valence-electron chi connectivity index (χ3n) is 1.53. The third kappa shape index (κ3) is 3.44. The summed E-state index contributed by atoms with van der Waals surface area (Å²) in [5, 5.41) is 16.0. The summed E-state index contributed by atoms with van der Waals surface area (Å²) in [6.45, 7) is 0. The minimum Gasteiger partial charge on any atom is -0.409 e. The highest BCUT2D eigenvalue weighted by Gasteiger charge is 2.04. The summed E-state index contributed by atoms with van der Waals surface area (Å²) in [6.07, 6.45) is 0. The standard InChI is InChI=1S/C7H10N4O3S/c8-7(10-12)5-2-1-3-6(4-5)11-15(9,13)14/h1-4,11-12H,(H2,8,10)(H2,9,13,14). The zero-order valence-corrected chi connectivity index (χ0v) is 8.40. The average molecular weight is 230 g/mol. The van der Waals surface area contributed by atoms with Crippen LogP contribution in [0.4, 0.5) is 5.69 Å². The number of hydrogen-bond acceptors (Lipinski definition) is 4. The lowest BCUT2D eigenvalue weighted by Crippen LogP contribution is -2.22. The zero-order chi connectivity index (χ0) is 11.5. The molecule has 1 aromatic carbocycles. The molecular weight excluding hydrogens is 220 g/mol. The van der Waals surface area contributed by atoms with Gasteiger partial charge in [0.15, 0.2) is 5.84 Å². The molecule has 1 rings (SSSR count). The number of nitrogens with two attached hydrogens (primary N) is 2. The van der Waals surface area contributed by atoms with Gasteiger partial charge in [-0.15, -0.1) is 0 Å². The van der Waals surface area contributed by atoms with Gasteiger partial charge in [0, 0.05) is 5.56 Å². The molecule has 0 heterocycles. The van der Waals surface area contributed by atoms with E-state index in [1.54, 1.807) is 12.1 Å². The first-order valence-electron chi connectivity index (χ1n) is 3.81. The van der Waals surface area contributed by atoms with Crippen LogP contribution >= 0.6 is 0 Å². The van der Waals surface area contributed by atoms with Crippen LogP contribution in [0.5, 0.6) is 0 Å². The van der Waals surface area contributed by atoms with Gasteiger partial charge in [0.25, 0.3) is 10.2 Å². The molecule has 0 aliphatic carbocycles. The maximum Gasteiger partial charge on any atom is 0.296 e. The first-order valence-corrected chi connectivity index (χ1v) is 5.35. The Hall–Kier alpha value is -1.80. The molecule has 0 aromatic heterocycles. The van der Waals surface area contributed by atoms with Crippen LogP contribution in [0.3, 0.4) is 0 Å². The molecule has 0 fully saturated rings. The van der Waals surface area contributed by atoms with Crippen molar-refractivity contribution in [1.82, 2.24) is 0 Å². The second-order valence-corrected chi connectivity index (χ2v) is 4.01. The molecular formula is C7H10N4O3S. The van der Waals surface area contributed by atoms with Crippen molar-refractivity contribution in [3.05, 3.63) is 29.8 Å². The third-order valence-corrected chi connectivity index (χ3v) is 2.05. The predicted octanol–water partition coefficient (Wildman–Crippen LogP) is -0.603. The largest absolute Gasteiger partial charge is 0.409 e. The molecule has 0 aliphatic heterocycles. The second kappa shape index (κ2) is 4.15. The molecule has 0 atom stereocenters. The molecule has 0 saturated heterocycles. The normalized spacial score (nSPS) is 12.5. The number of benzene rings is 1. The van der Waals surface area contributed by atoms with Gasteiger partial charge in [-0.1, -0.05) is 17.3 Å². The van der Waals surface area contributed by atoms with Crippen LogP contribution < -0.4 is 15.6 Å². The number of rotatable bonds is 3. The highest BCUT2D eigenvalue weighted by molar-refractivity contribution is 7.90. The second-order valence-electron chi connectivity index (χ2n) is 2.71. The minimum atomic E-state index is -3.82. The van der Waals surface area contributed by atoms with Gasteiger partial charge in [-0.2, -0.15) is 8.42 Å². The maximum absolute atomic E-state index is 10.7. The van der Waals surface area contributed by atoms with Gasteiger partial charge >= 0.3 is 0 Å². The summed E-state index contributed by atoms with van der Waals surface area (Å²) in [5.74, 6) is -0.118. The summed E-state index contributed by atoms with van der Waals surface area (Å²) in [6, 6.07) is 5.97. The lowest BCUT2D eigenvalue weighted by Gasteiger charge is -2.04. The number of hydrogen-bond donors (Lipinski definition) is 4. The van der Waals surface area contributed by atoms with E-state index in [-0.39, 0.29) is 11.5 Å². The lowest BCUT2D eigenvalue weighted by molar-refractivity contribution is 0.318. The van der Waals surface area contributed by atoms with Crippen molar-refractivity contribution in [2.24, 2.45) is 16.0 Å². The van der Waals surface area contributed by atoms with Crippen molar-refractivity contribution >= 4 is 21.7 Å². The van der Waals surface area contributed by atoms with E-state index in [1.165, 1.54) is 12.1 Å². The van der Waals surface area contributed by atoms with E-state index in [0.29, 0.717) is 5.56 Å². The Morgan fingerprint density at radius 2 is 2.13 bits per heavy atom. The van der Waals surface area contributed by atoms with Gasteiger partial charge in [-0.3, -0.25) is 4.72 Å². The fourth-order valence-electron chi connectivity index (χ4n) is 0.964. The van der Waals surface area contributed by atoms with E-state index >= 15 is 0 Å². The topological polar surface area (TPSA) is 131 Å². The molecule has 0 spiro atoms. The van der Waals surface area contributed by atoms with E-state index in [0.717, 1.165) is 0 Å². The van der Waals surface area contributed by atoms with Crippen LogP contribution in [0, 0.1) is 0 Å². The molecule has 0 radical (unpaired) electrons. The van der Waals surface area contributed by atoms with Crippen LogP contribution in [0.25, 0.3) is 0 Å². The summed E-state index contributed by atoms with van der Waals surface area (Å²) < 4.78 is 23.5. The molecule has 1 aromatic rings. The fourth-order valence-corrected chi connectivity index (χ4v) is 1.42. The number of anilines is 1. The molecule has 82 valence electrons. The summed E-state index contributed by atoms with van der Waals surface area (Å²) >= 11 is 0. The van der Waals surface area contributed by atoms with E-state index in [4.69, 9.17) is 16.1 Å². The predicted molar refractivity (Wildman–Crippen MR) is 55.7 cm³/mol. The van der Waals surface area contributed by atoms with Crippen LogP contribution in [-0.4, -0.2) is 19.5 Å². The highest BCUT2D eigenvalue weighted by atomic mass is 32.2. The van der Waals surface area contributed by atoms with Crippen LogP contribution in [-0.2, 0) is 10.2 Å². The Morgan fingerprint density at radius 1 is 1.47 bits per heavy atom. The van der Waals surface area contributed by atoms with Gasteiger partial charge in [-0.25, -0.2) is 5.14 Å². The molecule has 0 unspecified atom stereocenters. The molecule has 7 nitrogen and oxygen atoms in total. The van der Waals surface area contributed by atoms with Crippen molar-refractivity contribution in [1.29, 1.82) is 0 Å². The molecule has 0 amide bonds. The van der Waals surface area contributed by atoms with Gasteiger partial charge in [-0.05, 0) is 12.1 Å². The quantitative estimate of drug-likeness (QED) is 0.239. The summed E-state index contributed by atoms with van der Waals surface area (Å²) in [4.78, 5) is 0. The minimum absolute atomic E-state index is 0.118. The van der Waals surface area contributed by atoms with E-state index in [2.05, 4.69) is 9.88 Å². The fraction of sp³-hybridized carbons (Fsp3) is 0. The Balaban J connectivity index is 3.04. The van der Waals surface area contributed by atoms with Crippen molar-refractivity contribution in [3.8, 4) is 0 Å². The molecule has 15 heavy (non-hydrogen) atoms.